The molecule has 3 N–H and O–H groups in total. The van der Waals surface area contributed by atoms with Gasteiger partial charge in [-0.1, -0.05) is 45.9 Å². The SMILES string of the molecule is C=CCN(C)[C@H]1C[C@@H](C)O[C@@H](O[C@@H]2[C@@H](C)[C@H](OC(=O)Cc3ccc(F)cc3)[C@@H](C)C(=O)O[C@H](CC)[C@@](C)(O)[C@H](O)[C@@H](C)C(=O)[C@H](C)C[C@@]2(C)OC)[C@@H]1O. The normalized spacial score (nSPS) is 39.2. The molecule has 1 aromatic carbocycles. The Labute approximate surface area is 313 Å². The minimum atomic E-state index is -2.01. The lowest BCUT2D eigenvalue weighted by molar-refractivity contribution is -0.302. The van der Waals surface area contributed by atoms with Gasteiger partial charge in [0, 0.05) is 37.5 Å². The Morgan fingerprint density at radius 2 is 1.72 bits per heavy atom. The first-order valence-corrected chi connectivity index (χ1v) is 18.7. The highest BCUT2D eigenvalue weighted by Crippen LogP contribution is 2.40. The number of ketones is 1. The molecule has 2 aliphatic heterocycles. The molecule has 0 amide bonds. The van der Waals surface area contributed by atoms with E-state index in [4.69, 9.17) is 23.7 Å². The molecular weight excluding hydrogens is 689 g/mol. The van der Waals surface area contributed by atoms with Crippen LogP contribution >= 0.6 is 0 Å². The molecule has 2 aliphatic rings. The van der Waals surface area contributed by atoms with Crippen LogP contribution < -0.4 is 0 Å². The Balaban J connectivity index is 2.19. The number of aliphatic hydroxyl groups excluding tert-OH is 2. The van der Waals surface area contributed by atoms with Crippen LogP contribution in [0.15, 0.2) is 36.9 Å². The van der Waals surface area contributed by atoms with E-state index in [1.165, 1.54) is 52.1 Å². The van der Waals surface area contributed by atoms with E-state index in [0.717, 1.165) is 0 Å². The van der Waals surface area contributed by atoms with Crippen molar-refractivity contribution in [3.63, 3.8) is 0 Å². The summed E-state index contributed by atoms with van der Waals surface area (Å²) in [5, 5.41) is 34.6. The first-order chi connectivity index (χ1) is 24.7. The van der Waals surface area contributed by atoms with Crippen molar-refractivity contribution >= 4 is 17.7 Å². The number of carbonyl (C=O) groups excluding carboxylic acids is 3. The second-order valence-corrected chi connectivity index (χ2v) is 15.6. The summed E-state index contributed by atoms with van der Waals surface area (Å²) in [6.07, 6.45) is -5.66. The van der Waals surface area contributed by atoms with Crippen LogP contribution in [0.1, 0.15) is 80.2 Å². The second-order valence-electron chi connectivity index (χ2n) is 15.6. The smallest absolute Gasteiger partial charge is 0.312 e. The first-order valence-electron chi connectivity index (χ1n) is 18.7. The number of methoxy groups -OCH3 is 1. The molecule has 2 fully saturated rings. The third-order valence-corrected chi connectivity index (χ3v) is 11.3. The molecule has 14 atom stereocenters. The summed E-state index contributed by atoms with van der Waals surface area (Å²) >= 11 is 0. The van der Waals surface area contributed by atoms with Gasteiger partial charge in [-0.2, -0.15) is 0 Å². The van der Waals surface area contributed by atoms with Crippen LogP contribution in [-0.4, -0.2) is 119 Å². The standard InChI is InChI=1S/C40H62FNO11/c1-12-18-42(10)29-19-23(4)50-38(33(29)45)53-36-25(6)34(52-31(43)20-27-14-16-28(41)17-15-27)26(7)37(47)51-30(13-2)40(9,48)35(46)24(5)32(44)22(3)21-39(36,8)49-11/h12,14-17,22-26,29-30,33-36,38,45-46,48H,1,13,18-21H2,2-11H3/t22-,23-,24+,25+,26-,29+,30-,33-,34+,35-,36-,38+,39-,40-/m1/s1. The summed E-state index contributed by atoms with van der Waals surface area (Å²) in [5.74, 6) is -6.20. The van der Waals surface area contributed by atoms with Gasteiger partial charge in [0.1, 0.15) is 35.5 Å². The summed E-state index contributed by atoms with van der Waals surface area (Å²) in [6.45, 7) is 17.4. The van der Waals surface area contributed by atoms with Crippen LogP contribution in [0.3, 0.4) is 0 Å². The maximum Gasteiger partial charge on any atom is 0.312 e. The van der Waals surface area contributed by atoms with Gasteiger partial charge in [0.25, 0.3) is 0 Å². The number of Topliss-reactive ketones (excluding diaryl/α,β-unsaturated/α-hetero) is 1. The van der Waals surface area contributed by atoms with Gasteiger partial charge >= 0.3 is 11.9 Å². The first kappa shape index (κ1) is 44.6. The van der Waals surface area contributed by atoms with E-state index in [2.05, 4.69) is 6.58 Å². The van der Waals surface area contributed by atoms with Gasteiger partial charge in [-0.05, 0) is 71.7 Å². The highest BCUT2D eigenvalue weighted by molar-refractivity contribution is 5.83. The summed E-state index contributed by atoms with van der Waals surface area (Å²) in [4.78, 5) is 43.5. The van der Waals surface area contributed by atoms with E-state index in [9.17, 15) is 34.1 Å². The maximum atomic E-state index is 14.0. The summed E-state index contributed by atoms with van der Waals surface area (Å²) in [5.41, 5.74) is -2.87. The van der Waals surface area contributed by atoms with Gasteiger partial charge in [-0.25, -0.2) is 4.39 Å². The highest BCUT2D eigenvalue weighted by Gasteiger charge is 2.53. The third-order valence-electron chi connectivity index (χ3n) is 11.3. The highest BCUT2D eigenvalue weighted by atomic mass is 19.1. The zero-order chi connectivity index (χ0) is 40.0. The monoisotopic (exact) mass is 751 g/mol. The Bertz CT molecular complexity index is 1390. The predicted octanol–water partition coefficient (Wildman–Crippen LogP) is 4.00. The van der Waals surface area contributed by atoms with Gasteiger partial charge in [0.15, 0.2) is 6.29 Å². The Morgan fingerprint density at radius 3 is 2.28 bits per heavy atom. The van der Waals surface area contributed by atoms with E-state index in [1.807, 2.05) is 18.9 Å². The topological polar surface area (TPSA) is 161 Å². The maximum absolute atomic E-state index is 14.0. The van der Waals surface area contributed by atoms with Gasteiger partial charge < -0.3 is 39.0 Å². The predicted molar refractivity (Wildman–Crippen MR) is 195 cm³/mol. The average Bonchev–Trinajstić information content (AvgIpc) is 3.11. The average molecular weight is 752 g/mol. The zero-order valence-electron chi connectivity index (χ0n) is 33.0. The fourth-order valence-electron chi connectivity index (χ4n) is 8.01. The van der Waals surface area contributed by atoms with Crippen LogP contribution in [0.5, 0.6) is 0 Å². The van der Waals surface area contributed by atoms with E-state index in [-0.39, 0.29) is 37.2 Å². The number of ether oxygens (including phenoxy) is 5. The number of hydrogen-bond acceptors (Lipinski definition) is 12. The summed E-state index contributed by atoms with van der Waals surface area (Å²) in [6, 6.07) is 5.00. The molecule has 3 rings (SSSR count). The third kappa shape index (κ3) is 10.5. The number of hydrogen-bond donors (Lipinski definition) is 3. The number of halogens is 1. The van der Waals surface area contributed by atoms with Crippen LogP contribution in [0.25, 0.3) is 0 Å². The van der Waals surface area contributed by atoms with Crippen molar-refractivity contribution in [1.29, 1.82) is 0 Å². The molecule has 0 bridgehead atoms. The Hall–Kier alpha value is -2.78. The molecular formula is C40H62FNO11. The Kier molecular flexibility index (Phi) is 15.7. The largest absolute Gasteiger partial charge is 0.461 e. The molecule has 53 heavy (non-hydrogen) atoms. The lowest BCUT2D eigenvalue weighted by atomic mass is 9.74. The fraction of sp³-hybridized carbons (Fsp3) is 0.725. The molecule has 2 saturated heterocycles. The molecule has 0 spiro atoms. The lowest BCUT2D eigenvalue weighted by Crippen LogP contribution is -2.61. The quantitative estimate of drug-likeness (QED) is 0.233. The van der Waals surface area contributed by atoms with Crippen molar-refractivity contribution in [2.45, 2.75) is 141 Å². The molecule has 0 aliphatic carbocycles. The summed E-state index contributed by atoms with van der Waals surface area (Å²) in [7, 11) is 3.31. The number of nitrogens with zero attached hydrogens (tertiary/aromatic N) is 1. The molecule has 0 saturated carbocycles. The minimum absolute atomic E-state index is 0.0426. The zero-order valence-corrected chi connectivity index (χ0v) is 33.0. The van der Waals surface area contributed by atoms with Crippen molar-refractivity contribution < 1.29 is 57.8 Å². The van der Waals surface area contributed by atoms with Crippen LogP contribution in [0.4, 0.5) is 4.39 Å². The molecule has 12 nitrogen and oxygen atoms in total. The summed E-state index contributed by atoms with van der Waals surface area (Å²) < 4.78 is 44.7. The second kappa shape index (κ2) is 18.7. The molecule has 0 aromatic heterocycles. The molecule has 1 aromatic rings. The molecule has 13 heteroatoms. The van der Waals surface area contributed by atoms with Crippen LogP contribution in [0, 0.1) is 29.5 Å². The number of rotatable bonds is 10. The van der Waals surface area contributed by atoms with Crippen LogP contribution in [-0.2, 0) is 44.5 Å². The van der Waals surface area contributed by atoms with E-state index >= 15 is 0 Å². The van der Waals surface area contributed by atoms with Gasteiger partial charge in [0.05, 0.1) is 36.3 Å². The van der Waals surface area contributed by atoms with Crippen molar-refractivity contribution in [2.24, 2.45) is 23.7 Å². The molecule has 0 unspecified atom stereocenters. The number of benzene rings is 1. The Morgan fingerprint density at radius 1 is 1.09 bits per heavy atom. The number of carbonyl (C=O) groups is 3. The van der Waals surface area contributed by atoms with Crippen molar-refractivity contribution in [3.05, 3.63) is 48.3 Å². The number of likely N-dealkylation sites (N-methyl/N-ethyl adjacent to an activating group) is 1. The molecule has 0 radical (unpaired) electrons. The van der Waals surface area contributed by atoms with E-state index < -0.39 is 89.4 Å². The van der Waals surface area contributed by atoms with E-state index in [0.29, 0.717) is 18.5 Å². The minimum Gasteiger partial charge on any atom is -0.461 e. The van der Waals surface area contributed by atoms with Crippen molar-refractivity contribution in [3.8, 4) is 0 Å². The van der Waals surface area contributed by atoms with Gasteiger partial charge in [-0.3, -0.25) is 19.3 Å². The molecule has 300 valence electrons. The number of cyclic esters (lactones) is 1. The number of esters is 2. The van der Waals surface area contributed by atoms with Crippen molar-refractivity contribution in [1.82, 2.24) is 4.90 Å². The lowest BCUT2D eigenvalue weighted by Gasteiger charge is -2.48. The van der Waals surface area contributed by atoms with Gasteiger partial charge in [-0.15, -0.1) is 6.58 Å². The van der Waals surface area contributed by atoms with E-state index in [1.54, 1.807) is 33.8 Å². The fourth-order valence-corrected chi connectivity index (χ4v) is 8.01. The van der Waals surface area contributed by atoms with Crippen LogP contribution in [0.2, 0.25) is 0 Å². The van der Waals surface area contributed by atoms with Crippen molar-refractivity contribution in [2.75, 3.05) is 20.7 Å². The number of aliphatic hydroxyl groups is 3. The molecule has 2 heterocycles. The van der Waals surface area contributed by atoms with Gasteiger partial charge in [0.2, 0.25) is 0 Å².